The van der Waals surface area contributed by atoms with Crippen molar-refractivity contribution < 1.29 is 18.9 Å². The van der Waals surface area contributed by atoms with Crippen molar-refractivity contribution >= 4 is 0 Å². The van der Waals surface area contributed by atoms with Crippen LogP contribution in [0.1, 0.15) is 18.4 Å². The second-order valence-corrected chi connectivity index (χ2v) is 4.36. The van der Waals surface area contributed by atoms with E-state index in [1.54, 1.807) is 21.3 Å². The van der Waals surface area contributed by atoms with Gasteiger partial charge in [-0.05, 0) is 19.4 Å². The molecule has 0 bridgehead atoms. The van der Waals surface area contributed by atoms with Crippen LogP contribution in [0.25, 0.3) is 0 Å². The maximum Gasteiger partial charge on any atom is 0.224 e. The van der Waals surface area contributed by atoms with E-state index < -0.39 is 0 Å². The van der Waals surface area contributed by atoms with E-state index in [1.807, 2.05) is 0 Å². The predicted octanol–water partition coefficient (Wildman–Crippen LogP) is 1.03. The Kier molecular flexibility index (Phi) is 9.43. The quantitative estimate of drug-likeness (QED) is 0.578. The number of nitrogens with one attached hydrogen (secondary N) is 1. The molecule has 0 aromatic carbocycles. The molecule has 0 aliphatic heterocycles. The molecule has 7 nitrogen and oxygen atoms in total. The van der Waals surface area contributed by atoms with Gasteiger partial charge in [0, 0.05) is 20.3 Å². The number of hydrogen-bond acceptors (Lipinski definition) is 7. The SMILES string of the molecule is COCCOCCCCNCc1c(OC)ncnc1OC. The van der Waals surface area contributed by atoms with E-state index >= 15 is 0 Å². The lowest BCUT2D eigenvalue weighted by Crippen LogP contribution is -2.17. The Morgan fingerprint density at radius 2 is 1.67 bits per heavy atom. The monoisotopic (exact) mass is 299 g/mol. The highest BCUT2D eigenvalue weighted by atomic mass is 16.5. The molecule has 0 aliphatic rings. The Bertz CT molecular complexity index is 368. The summed E-state index contributed by atoms with van der Waals surface area (Å²) in [4.78, 5) is 8.15. The third-order valence-electron chi connectivity index (χ3n) is 2.88. The number of nitrogens with zero attached hydrogens (tertiary/aromatic N) is 2. The minimum atomic E-state index is 0.539. The van der Waals surface area contributed by atoms with Gasteiger partial charge in [0.2, 0.25) is 11.8 Å². The minimum absolute atomic E-state index is 0.539. The average Bonchev–Trinajstić information content (AvgIpc) is 2.53. The Balaban J connectivity index is 2.20. The van der Waals surface area contributed by atoms with Gasteiger partial charge in [0.1, 0.15) is 6.33 Å². The van der Waals surface area contributed by atoms with Crippen molar-refractivity contribution in [1.82, 2.24) is 15.3 Å². The third-order valence-corrected chi connectivity index (χ3v) is 2.88. The van der Waals surface area contributed by atoms with Crippen molar-refractivity contribution in [2.24, 2.45) is 0 Å². The van der Waals surface area contributed by atoms with Crippen molar-refractivity contribution in [3.05, 3.63) is 11.9 Å². The van der Waals surface area contributed by atoms with Gasteiger partial charge >= 0.3 is 0 Å². The fourth-order valence-electron chi connectivity index (χ4n) is 1.80. The molecule has 1 heterocycles. The molecule has 1 rings (SSSR count). The molecular formula is C14H25N3O4. The zero-order chi connectivity index (χ0) is 15.3. The molecule has 0 spiro atoms. The van der Waals surface area contributed by atoms with E-state index in [4.69, 9.17) is 18.9 Å². The first kappa shape index (κ1) is 17.6. The molecule has 0 saturated heterocycles. The van der Waals surface area contributed by atoms with Crippen LogP contribution in [0.3, 0.4) is 0 Å². The summed E-state index contributed by atoms with van der Waals surface area (Å²) in [6.07, 6.45) is 3.47. The second-order valence-electron chi connectivity index (χ2n) is 4.36. The highest BCUT2D eigenvalue weighted by Crippen LogP contribution is 2.22. The van der Waals surface area contributed by atoms with Gasteiger partial charge < -0.3 is 24.3 Å². The zero-order valence-corrected chi connectivity index (χ0v) is 13.1. The van der Waals surface area contributed by atoms with Crippen LogP contribution in [0, 0.1) is 0 Å². The third kappa shape index (κ3) is 6.70. The standard InChI is InChI=1S/C14H25N3O4/c1-18-8-9-21-7-5-4-6-15-10-12-13(19-2)16-11-17-14(12)20-3/h11,15H,4-10H2,1-3H3. The van der Waals surface area contributed by atoms with Crippen molar-refractivity contribution in [3.63, 3.8) is 0 Å². The van der Waals surface area contributed by atoms with E-state index in [0.29, 0.717) is 31.5 Å². The number of unbranched alkanes of at least 4 members (excludes halogenated alkanes) is 1. The summed E-state index contributed by atoms with van der Waals surface area (Å²) in [5.41, 5.74) is 0.832. The number of methoxy groups -OCH3 is 3. The van der Waals surface area contributed by atoms with Gasteiger partial charge in [0.15, 0.2) is 0 Å². The van der Waals surface area contributed by atoms with E-state index in [0.717, 1.165) is 31.6 Å². The number of ether oxygens (including phenoxy) is 4. The fourth-order valence-corrected chi connectivity index (χ4v) is 1.80. The van der Waals surface area contributed by atoms with Gasteiger partial charge in [-0.1, -0.05) is 0 Å². The van der Waals surface area contributed by atoms with Crippen molar-refractivity contribution in [2.75, 3.05) is 47.7 Å². The van der Waals surface area contributed by atoms with Crippen molar-refractivity contribution in [2.45, 2.75) is 19.4 Å². The minimum Gasteiger partial charge on any atom is -0.481 e. The van der Waals surface area contributed by atoms with E-state index in [2.05, 4.69) is 15.3 Å². The first-order valence-electron chi connectivity index (χ1n) is 7.02. The second kappa shape index (κ2) is 11.2. The van der Waals surface area contributed by atoms with Crippen LogP contribution >= 0.6 is 0 Å². The largest absolute Gasteiger partial charge is 0.481 e. The van der Waals surface area contributed by atoms with Crippen LogP contribution < -0.4 is 14.8 Å². The van der Waals surface area contributed by atoms with E-state index in [1.165, 1.54) is 6.33 Å². The van der Waals surface area contributed by atoms with Gasteiger partial charge in [-0.15, -0.1) is 0 Å². The molecule has 1 N–H and O–H groups in total. The van der Waals surface area contributed by atoms with Crippen LogP contribution in [0.4, 0.5) is 0 Å². The maximum atomic E-state index is 5.40. The summed E-state index contributed by atoms with van der Waals surface area (Å²) >= 11 is 0. The summed E-state index contributed by atoms with van der Waals surface area (Å²) in [7, 11) is 4.84. The average molecular weight is 299 g/mol. The van der Waals surface area contributed by atoms with Crippen molar-refractivity contribution in [1.29, 1.82) is 0 Å². The van der Waals surface area contributed by atoms with Crippen LogP contribution in [0.2, 0.25) is 0 Å². The van der Waals surface area contributed by atoms with Gasteiger partial charge in [0.05, 0.1) is 33.0 Å². The maximum absolute atomic E-state index is 5.40. The summed E-state index contributed by atoms with van der Waals surface area (Å²) in [6.45, 7) is 3.55. The van der Waals surface area contributed by atoms with Gasteiger partial charge in [-0.2, -0.15) is 0 Å². The van der Waals surface area contributed by atoms with Gasteiger partial charge in [0.25, 0.3) is 0 Å². The first-order valence-corrected chi connectivity index (χ1v) is 7.02. The molecule has 0 aliphatic carbocycles. The predicted molar refractivity (Wildman–Crippen MR) is 78.8 cm³/mol. The molecule has 120 valence electrons. The molecule has 0 amide bonds. The van der Waals surface area contributed by atoms with Crippen LogP contribution in [-0.4, -0.2) is 57.7 Å². The van der Waals surface area contributed by atoms with Crippen LogP contribution in [0.15, 0.2) is 6.33 Å². The highest BCUT2D eigenvalue weighted by molar-refractivity contribution is 5.34. The number of aromatic nitrogens is 2. The molecule has 1 aromatic heterocycles. The van der Waals surface area contributed by atoms with Crippen LogP contribution in [-0.2, 0) is 16.0 Å². The molecule has 0 radical (unpaired) electrons. The number of rotatable bonds is 12. The topological polar surface area (TPSA) is 74.7 Å². The summed E-state index contributed by atoms with van der Waals surface area (Å²) in [5.74, 6) is 1.08. The highest BCUT2D eigenvalue weighted by Gasteiger charge is 2.11. The first-order chi connectivity index (χ1) is 10.3. The normalized spacial score (nSPS) is 10.6. The Labute approximate surface area is 126 Å². The Hall–Kier alpha value is -1.44. The smallest absolute Gasteiger partial charge is 0.224 e. The van der Waals surface area contributed by atoms with Crippen molar-refractivity contribution in [3.8, 4) is 11.8 Å². The lowest BCUT2D eigenvalue weighted by Gasteiger charge is -2.11. The Morgan fingerprint density at radius 3 is 2.29 bits per heavy atom. The molecule has 0 fully saturated rings. The van der Waals surface area contributed by atoms with Gasteiger partial charge in [-0.25, -0.2) is 9.97 Å². The molecule has 7 heteroatoms. The Morgan fingerprint density at radius 1 is 0.952 bits per heavy atom. The molecule has 0 saturated carbocycles. The van der Waals surface area contributed by atoms with E-state index in [-0.39, 0.29) is 0 Å². The molecule has 21 heavy (non-hydrogen) atoms. The molecule has 1 aromatic rings. The number of hydrogen-bond donors (Lipinski definition) is 1. The molecular weight excluding hydrogens is 274 g/mol. The lowest BCUT2D eigenvalue weighted by molar-refractivity contribution is 0.0688. The van der Waals surface area contributed by atoms with E-state index in [9.17, 15) is 0 Å². The summed E-state index contributed by atoms with van der Waals surface area (Å²) < 4.78 is 20.7. The zero-order valence-electron chi connectivity index (χ0n) is 13.1. The summed E-state index contributed by atoms with van der Waals surface area (Å²) in [6, 6.07) is 0. The lowest BCUT2D eigenvalue weighted by atomic mass is 10.2. The molecule has 0 unspecified atom stereocenters. The van der Waals surface area contributed by atoms with Gasteiger partial charge in [-0.3, -0.25) is 0 Å². The van der Waals surface area contributed by atoms with Crippen LogP contribution in [0.5, 0.6) is 11.8 Å². The fraction of sp³-hybridized carbons (Fsp3) is 0.714. The summed E-state index contributed by atoms with van der Waals surface area (Å²) in [5, 5.41) is 3.33. The molecule has 0 atom stereocenters.